The largest absolute Gasteiger partial charge is 0.495 e. The molecule has 1 heterocycles. The van der Waals surface area contributed by atoms with Crippen LogP contribution in [0.3, 0.4) is 0 Å². The van der Waals surface area contributed by atoms with E-state index < -0.39 is 17.0 Å². The number of aromatic nitrogens is 2. The number of para-hydroxylation sites is 2. The highest BCUT2D eigenvalue weighted by molar-refractivity contribution is 9.10. The molecule has 0 spiro atoms. The molecule has 0 fully saturated rings. The van der Waals surface area contributed by atoms with E-state index in [2.05, 4.69) is 21.2 Å². The molecule has 0 saturated heterocycles. The first-order valence-corrected chi connectivity index (χ1v) is 8.80. The molecule has 1 aromatic heterocycles. The lowest BCUT2D eigenvalue weighted by Crippen LogP contribution is -2.41. The van der Waals surface area contributed by atoms with Gasteiger partial charge in [0.1, 0.15) is 12.3 Å². The topological polar surface area (TPSA) is 82.3 Å². The molecule has 0 aliphatic heterocycles. The second-order valence-corrected chi connectivity index (χ2v) is 6.55. The third-order valence-corrected chi connectivity index (χ3v) is 4.32. The van der Waals surface area contributed by atoms with Crippen molar-refractivity contribution >= 4 is 27.5 Å². The minimum Gasteiger partial charge on any atom is -0.495 e. The number of hydrogen-bond donors (Lipinski definition) is 1. The van der Waals surface area contributed by atoms with Crippen LogP contribution >= 0.6 is 15.9 Å². The summed E-state index contributed by atoms with van der Waals surface area (Å²) in [5.74, 6) is 0.0498. The number of halogens is 1. The number of nitrogens with zero attached hydrogens (tertiary/aromatic N) is 2. The Hall–Kier alpha value is -3.13. The Morgan fingerprint density at radius 2 is 1.85 bits per heavy atom. The second kappa shape index (κ2) is 8.05. The number of benzene rings is 2. The highest BCUT2D eigenvalue weighted by Gasteiger charge is 2.12. The average molecular weight is 430 g/mol. The second-order valence-electron chi connectivity index (χ2n) is 5.64. The molecule has 0 aliphatic carbocycles. The fraction of sp³-hybridized carbons (Fsp3) is 0.105. The van der Waals surface area contributed by atoms with Crippen LogP contribution in [-0.4, -0.2) is 22.2 Å². The molecule has 0 unspecified atom stereocenters. The minimum atomic E-state index is -0.798. The van der Waals surface area contributed by atoms with Crippen molar-refractivity contribution in [2.24, 2.45) is 0 Å². The van der Waals surface area contributed by atoms with Crippen molar-refractivity contribution in [1.29, 1.82) is 0 Å². The van der Waals surface area contributed by atoms with Crippen molar-refractivity contribution in [2.45, 2.75) is 6.54 Å². The fourth-order valence-corrected chi connectivity index (χ4v) is 2.97. The van der Waals surface area contributed by atoms with Gasteiger partial charge in [0.25, 0.3) is 0 Å². The maximum absolute atomic E-state index is 12.5. The standard InChI is InChI=1S/C19H16BrN3O4/c1-27-16-8-3-2-7-15(16)23-10-9-22(18(25)19(23)26)12-17(24)21-14-6-4-5-13(20)11-14/h2-11H,12H2,1H3,(H,21,24). The lowest BCUT2D eigenvalue weighted by molar-refractivity contribution is -0.116. The van der Waals surface area contributed by atoms with Gasteiger partial charge in [-0.05, 0) is 30.3 Å². The highest BCUT2D eigenvalue weighted by atomic mass is 79.9. The molecule has 0 atom stereocenters. The summed E-state index contributed by atoms with van der Waals surface area (Å²) in [6, 6.07) is 13.9. The summed E-state index contributed by atoms with van der Waals surface area (Å²) in [6.07, 6.45) is 2.84. The molecule has 2 aromatic carbocycles. The van der Waals surface area contributed by atoms with Gasteiger partial charge in [-0.3, -0.25) is 23.5 Å². The predicted octanol–water partition coefficient (Wildman–Crippen LogP) is 2.41. The van der Waals surface area contributed by atoms with Crippen LogP contribution in [0.15, 0.2) is 75.0 Å². The molecular weight excluding hydrogens is 414 g/mol. The molecule has 0 radical (unpaired) electrons. The molecule has 1 amide bonds. The smallest absolute Gasteiger partial charge is 0.321 e. The van der Waals surface area contributed by atoms with E-state index in [1.165, 1.54) is 24.1 Å². The van der Waals surface area contributed by atoms with Crippen molar-refractivity contribution in [3.63, 3.8) is 0 Å². The number of carbonyl (C=O) groups excluding carboxylic acids is 1. The van der Waals surface area contributed by atoms with Gasteiger partial charge in [0.2, 0.25) is 5.91 Å². The van der Waals surface area contributed by atoms with Gasteiger partial charge in [-0.25, -0.2) is 0 Å². The number of amides is 1. The number of anilines is 1. The summed E-state index contributed by atoms with van der Waals surface area (Å²) >= 11 is 3.32. The zero-order chi connectivity index (χ0) is 19.4. The van der Waals surface area contributed by atoms with Crippen LogP contribution in [0, 0.1) is 0 Å². The van der Waals surface area contributed by atoms with Crippen LogP contribution in [-0.2, 0) is 11.3 Å². The Bertz CT molecular complexity index is 1100. The molecular formula is C19H16BrN3O4. The third-order valence-electron chi connectivity index (χ3n) is 3.83. The average Bonchev–Trinajstić information content (AvgIpc) is 2.66. The monoisotopic (exact) mass is 429 g/mol. The first-order chi connectivity index (χ1) is 13.0. The van der Waals surface area contributed by atoms with Crippen molar-refractivity contribution in [3.05, 3.63) is 86.1 Å². The summed E-state index contributed by atoms with van der Waals surface area (Å²) in [4.78, 5) is 37.1. The first kappa shape index (κ1) is 18.7. The first-order valence-electron chi connectivity index (χ1n) is 8.00. The molecule has 0 saturated carbocycles. The van der Waals surface area contributed by atoms with E-state index >= 15 is 0 Å². The van der Waals surface area contributed by atoms with Crippen molar-refractivity contribution in [3.8, 4) is 11.4 Å². The number of nitrogens with one attached hydrogen (secondary N) is 1. The summed E-state index contributed by atoms with van der Waals surface area (Å²) in [6.45, 7) is -0.270. The number of carbonyl (C=O) groups is 1. The summed E-state index contributed by atoms with van der Waals surface area (Å²) in [5.41, 5.74) is -0.525. The fourth-order valence-electron chi connectivity index (χ4n) is 2.57. The summed E-state index contributed by atoms with van der Waals surface area (Å²) in [7, 11) is 1.48. The van der Waals surface area contributed by atoms with Crippen LogP contribution < -0.4 is 21.2 Å². The van der Waals surface area contributed by atoms with Gasteiger partial charge in [-0.2, -0.15) is 0 Å². The van der Waals surface area contributed by atoms with E-state index in [0.29, 0.717) is 17.1 Å². The van der Waals surface area contributed by atoms with Gasteiger partial charge in [0.15, 0.2) is 0 Å². The van der Waals surface area contributed by atoms with Gasteiger partial charge in [0, 0.05) is 22.6 Å². The SMILES string of the molecule is COc1ccccc1-n1ccn(CC(=O)Nc2cccc(Br)c2)c(=O)c1=O. The Balaban J connectivity index is 1.86. The lowest BCUT2D eigenvalue weighted by Gasteiger charge is -2.12. The molecule has 8 heteroatoms. The van der Waals surface area contributed by atoms with Crippen LogP contribution in [0.2, 0.25) is 0 Å². The van der Waals surface area contributed by atoms with Gasteiger partial charge in [-0.1, -0.05) is 34.1 Å². The number of methoxy groups -OCH3 is 1. The van der Waals surface area contributed by atoms with E-state index in [1.54, 1.807) is 42.5 Å². The molecule has 0 bridgehead atoms. The zero-order valence-electron chi connectivity index (χ0n) is 14.4. The van der Waals surface area contributed by atoms with Crippen LogP contribution in [0.4, 0.5) is 5.69 Å². The van der Waals surface area contributed by atoms with Gasteiger partial charge >= 0.3 is 11.1 Å². The van der Waals surface area contributed by atoms with Crippen molar-refractivity contribution in [2.75, 3.05) is 12.4 Å². The quantitative estimate of drug-likeness (QED) is 0.631. The van der Waals surface area contributed by atoms with Gasteiger partial charge < -0.3 is 10.1 Å². The molecule has 3 rings (SSSR count). The summed E-state index contributed by atoms with van der Waals surface area (Å²) < 4.78 is 8.31. The highest BCUT2D eigenvalue weighted by Crippen LogP contribution is 2.20. The zero-order valence-corrected chi connectivity index (χ0v) is 16.0. The minimum absolute atomic E-state index is 0.270. The van der Waals surface area contributed by atoms with E-state index in [1.807, 2.05) is 6.07 Å². The molecule has 7 nitrogen and oxygen atoms in total. The molecule has 138 valence electrons. The van der Waals surface area contributed by atoms with E-state index in [9.17, 15) is 14.4 Å². The third kappa shape index (κ3) is 4.17. The molecule has 0 aliphatic rings. The number of hydrogen-bond acceptors (Lipinski definition) is 4. The number of rotatable bonds is 5. The van der Waals surface area contributed by atoms with Gasteiger partial charge in [0.05, 0.1) is 12.8 Å². The Labute approximate surface area is 163 Å². The van der Waals surface area contributed by atoms with Crippen LogP contribution in [0.5, 0.6) is 5.75 Å². The van der Waals surface area contributed by atoms with E-state index in [0.717, 1.165) is 9.04 Å². The summed E-state index contributed by atoms with van der Waals surface area (Å²) in [5, 5.41) is 2.68. The maximum atomic E-state index is 12.5. The Morgan fingerprint density at radius 3 is 2.59 bits per heavy atom. The molecule has 3 aromatic rings. The van der Waals surface area contributed by atoms with Crippen molar-refractivity contribution < 1.29 is 9.53 Å². The van der Waals surface area contributed by atoms with E-state index in [-0.39, 0.29) is 6.54 Å². The predicted molar refractivity (Wildman–Crippen MR) is 106 cm³/mol. The maximum Gasteiger partial charge on any atom is 0.321 e. The normalized spacial score (nSPS) is 10.4. The van der Waals surface area contributed by atoms with Crippen molar-refractivity contribution in [1.82, 2.24) is 9.13 Å². The van der Waals surface area contributed by atoms with Crippen LogP contribution in [0.25, 0.3) is 5.69 Å². The Kier molecular flexibility index (Phi) is 5.56. The Morgan fingerprint density at radius 1 is 1.07 bits per heavy atom. The molecule has 1 N–H and O–H groups in total. The number of ether oxygens (including phenoxy) is 1. The van der Waals surface area contributed by atoms with E-state index in [4.69, 9.17) is 4.74 Å². The van der Waals surface area contributed by atoms with Gasteiger partial charge in [-0.15, -0.1) is 0 Å². The molecule has 27 heavy (non-hydrogen) atoms. The van der Waals surface area contributed by atoms with Crippen LogP contribution in [0.1, 0.15) is 0 Å². The lowest BCUT2D eigenvalue weighted by atomic mass is 10.3.